The quantitative estimate of drug-likeness (QED) is 0.666. The molecule has 102 valence electrons. The summed E-state index contributed by atoms with van der Waals surface area (Å²) < 4.78 is 28.0. The predicted octanol–water partition coefficient (Wildman–Crippen LogP) is 1.07. The van der Waals surface area contributed by atoms with Gasteiger partial charge >= 0.3 is 0 Å². The molecule has 0 aromatic carbocycles. The van der Waals surface area contributed by atoms with Crippen molar-refractivity contribution in [2.45, 2.75) is 26.2 Å². The van der Waals surface area contributed by atoms with Gasteiger partial charge < -0.3 is 10.1 Å². The molecule has 0 amide bonds. The normalized spacial score (nSPS) is 24.9. The molecule has 1 heterocycles. The van der Waals surface area contributed by atoms with Crippen molar-refractivity contribution >= 4 is 9.84 Å². The minimum Gasteiger partial charge on any atom is -0.383 e. The maximum absolute atomic E-state index is 11.5. The van der Waals surface area contributed by atoms with Crippen LogP contribution in [0.2, 0.25) is 0 Å². The van der Waals surface area contributed by atoms with E-state index >= 15 is 0 Å². The Morgan fingerprint density at radius 2 is 2.24 bits per heavy atom. The molecular weight excluding hydrogens is 238 g/mol. The maximum atomic E-state index is 11.5. The van der Waals surface area contributed by atoms with Gasteiger partial charge in [-0.3, -0.25) is 0 Å². The third-order valence-electron chi connectivity index (χ3n) is 3.48. The van der Waals surface area contributed by atoms with E-state index in [4.69, 9.17) is 4.74 Å². The summed E-state index contributed by atoms with van der Waals surface area (Å²) in [5.41, 5.74) is 0. The van der Waals surface area contributed by atoms with Crippen LogP contribution >= 0.6 is 0 Å². The van der Waals surface area contributed by atoms with E-state index < -0.39 is 9.84 Å². The van der Waals surface area contributed by atoms with E-state index in [1.807, 2.05) is 0 Å². The molecular formula is C12H25NO3S. The first-order chi connectivity index (χ1) is 8.09. The molecule has 4 nitrogen and oxygen atoms in total. The highest BCUT2D eigenvalue weighted by Crippen LogP contribution is 2.28. The highest BCUT2D eigenvalue weighted by atomic mass is 32.2. The Morgan fingerprint density at radius 1 is 1.47 bits per heavy atom. The second-order valence-corrected chi connectivity index (χ2v) is 7.14. The van der Waals surface area contributed by atoms with Crippen molar-refractivity contribution in [2.75, 3.05) is 38.3 Å². The van der Waals surface area contributed by atoms with Gasteiger partial charge in [0.05, 0.1) is 18.1 Å². The van der Waals surface area contributed by atoms with Crippen molar-refractivity contribution in [3.05, 3.63) is 0 Å². The lowest BCUT2D eigenvalue weighted by Gasteiger charge is -2.22. The Morgan fingerprint density at radius 3 is 2.76 bits per heavy atom. The first-order valence-corrected chi connectivity index (χ1v) is 8.31. The van der Waals surface area contributed by atoms with Gasteiger partial charge in [0.1, 0.15) is 0 Å². The van der Waals surface area contributed by atoms with Crippen LogP contribution in [0.4, 0.5) is 0 Å². The zero-order valence-electron chi connectivity index (χ0n) is 10.9. The Kier molecular flexibility index (Phi) is 6.44. The van der Waals surface area contributed by atoms with E-state index in [9.17, 15) is 8.42 Å². The monoisotopic (exact) mass is 263 g/mol. The first kappa shape index (κ1) is 14.9. The van der Waals surface area contributed by atoms with Gasteiger partial charge in [0.15, 0.2) is 9.84 Å². The van der Waals surface area contributed by atoms with E-state index in [1.54, 1.807) is 7.11 Å². The summed E-state index contributed by atoms with van der Waals surface area (Å²) >= 11 is 0. The van der Waals surface area contributed by atoms with Crippen molar-refractivity contribution in [2.24, 2.45) is 11.8 Å². The average molecular weight is 263 g/mol. The topological polar surface area (TPSA) is 55.4 Å². The van der Waals surface area contributed by atoms with Crippen LogP contribution in [0.5, 0.6) is 0 Å². The molecule has 1 fully saturated rings. The van der Waals surface area contributed by atoms with Gasteiger partial charge in [0, 0.05) is 13.7 Å². The van der Waals surface area contributed by atoms with E-state index in [2.05, 4.69) is 12.2 Å². The molecule has 0 aromatic heterocycles. The molecule has 0 spiro atoms. The molecule has 0 aromatic rings. The minimum absolute atomic E-state index is 0.356. The Bertz CT molecular complexity index is 303. The number of hydrogen-bond acceptors (Lipinski definition) is 4. The summed E-state index contributed by atoms with van der Waals surface area (Å²) in [6.45, 7) is 4.63. The van der Waals surface area contributed by atoms with Crippen LogP contribution in [0, 0.1) is 11.8 Å². The van der Waals surface area contributed by atoms with Crippen LogP contribution in [0.3, 0.4) is 0 Å². The van der Waals surface area contributed by atoms with Gasteiger partial charge in [-0.05, 0) is 31.2 Å². The second kappa shape index (κ2) is 7.34. The molecule has 0 aliphatic carbocycles. The third kappa shape index (κ3) is 5.36. The number of nitrogens with one attached hydrogen (secondary N) is 1. The van der Waals surface area contributed by atoms with Crippen LogP contribution in [0.15, 0.2) is 0 Å². The van der Waals surface area contributed by atoms with Crippen LogP contribution in [-0.2, 0) is 14.6 Å². The SMILES string of the molecule is CCCC(CNCCOC)C1CCS(=O)(=O)C1. The van der Waals surface area contributed by atoms with Gasteiger partial charge in [-0.15, -0.1) is 0 Å². The molecule has 1 N–H and O–H groups in total. The number of sulfone groups is 1. The Hall–Kier alpha value is -0.130. The molecule has 17 heavy (non-hydrogen) atoms. The summed E-state index contributed by atoms with van der Waals surface area (Å²) in [5, 5.41) is 3.36. The number of ether oxygens (including phenoxy) is 1. The van der Waals surface area contributed by atoms with Gasteiger partial charge in [-0.2, -0.15) is 0 Å². The van der Waals surface area contributed by atoms with Crippen molar-refractivity contribution < 1.29 is 13.2 Å². The standard InChI is InChI=1S/C12H25NO3S/c1-3-4-11(9-13-6-7-16-2)12-5-8-17(14,15)10-12/h11-13H,3-10H2,1-2H3. The van der Waals surface area contributed by atoms with Crippen LogP contribution < -0.4 is 5.32 Å². The van der Waals surface area contributed by atoms with E-state index in [-0.39, 0.29) is 0 Å². The molecule has 5 heteroatoms. The summed E-state index contributed by atoms with van der Waals surface area (Å²) in [6, 6.07) is 0. The molecule has 0 saturated carbocycles. The van der Waals surface area contributed by atoms with Crippen molar-refractivity contribution in [1.29, 1.82) is 0 Å². The minimum atomic E-state index is -2.75. The zero-order valence-corrected chi connectivity index (χ0v) is 11.8. The summed E-state index contributed by atoms with van der Waals surface area (Å²) in [7, 11) is -1.06. The maximum Gasteiger partial charge on any atom is 0.150 e. The molecule has 1 aliphatic rings. The van der Waals surface area contributed by atoms with Crippen LogP contribution in [0.25, 0.3) is 0 Å². The van der Waals surface area contributed by atoms with Crippen molar-refractivity contribution in [1.82, 2.24) is 5.32 Å². The van der Waals surface area contributed by atoms with Crippen LogP contribution in [0.1, 0.15) is 26.2 Å². The van der Waals surface area contributed by atoms with Gasteiger partial charge in [0.25, 0.3) is 0 Å². The fourth-order valence-corrected chi connectivity index (χ4v) is 4.45. The molecule has 0 radical (unpaired) electrons. The Labute approximate surface area is 105 Å². The highest BCUT2D eigenvalue weighted by Gasteiger charge is 2.32. The molecule has 1 aliphatic heterocycles. The van der Waals surface area contributed by atoms with Crippen LogP contribution in [-0.4, -0.2) is 46.7 Å². The summed E-state index contributed by atoms with van der Waals surface area (Å²) in [6.07, 6.45) is 3.08. The second-order valence-electron chi connectivity index (χ2n) is 4.91. The lowest BCUT2D eigenvalue weighted by molar-refractivity contribution is 0.195. The van der Waals surface area contributed by atoms with Gasteiger partial charge in [-0.1, -0.05) is 13.3 Å². The summed E-state index contributed by atoms with van der Waals surface area (Å²) in [4.78, 5) is 0. The smallest absolute Gasteiger partial charge is 0.150 e. The molecule has 1 rings (SSSR count). The lowest BCUT2D eigenvalue weighted by atomic mass is 9.88. The molecule has 0 bridgehead atoms. The highest BCUT2D eigenvalue weighted by molar-refractivity contribution is 7.91. The van der Waals surface area contributed by atoms with E-state index in [0.29, 0.717) is 29.9 Å². The Balaban J connectivity index is 2.37. The molecule has 2 unspecified atom stereocenters. The molecule has 1 saturated heterocycles. The first-order valence-electron chi connectivity index (χ1n) is 6.49. The number of rotatable bonds is 8. The van der Waals surface area contributed by atoms with Crippen molar-refractivity contribution in [3.63, 3.8) is 0 Å². The third-order valence-corrected chi connectivity index (χ3v) is 5.28. The lowest BCUT2D eigenvalue weighted by Crippen LogP contribution is -2.31. The van der Waals surface area contributed by atoms with Crippen molar-refractivity contribution in [3.8, 4) is 0 Å². The predicted molar refractivity (Wildman–Crippen MR) is 69.9 cm³/mol. The van der Waals surface area contributed by atoms with E-state index in [1.165, 1.54) is 0 Å². The fraction of sp³-hybridized carbons (Fsp3) is 1.00. The zero-order chi connectivity index (χ0) is 12.7. The number of hydrogen-bond donors (Lipinski definition) is 1. The number of methoxy groups -OCH3 is 1. The molecule has 2 atom stereocenters. The summed E-state index contributed by atoms with van der Waals surface area (Å²) in [5.74, 6) is 1.63. The fourth-order valence-electron chi connectivity index (χ4n) is 2.53. The van der Waals surface area contributed by atoms with E-state index in [0.717, 1.165) is 32.4 Å². The van der Waals surface area contributed by atoms with Gasteiger partial charge in [0.2, 0.25) is 0 Å². The van der Waals surface area contributed by atoms with Gasteiger partial charge in [-0.25, -0.2) is 8.42 Å². The average Bonchev–Trinajstić information content (AvgIpc) is 2.63. The largest absolute Gasteiger partial charge is 0.383 e.